The van der Waals surface area contributed by atoms with E-state index in [0.717, 1.165) is 48.8 Å². The van der Waals surface area contributed by atoms with Gasteiger partial charge in [-0.15, -0.1) is 0 Å². The lowest BCUT2D eigenvalue weighted by atomic mass is 10.0. The molecule has 4 rings (SSSR count). The third-order valence-corrected chi connectivity index (χ3v) is 5.13. The molecular formula is C20H23FN6. The van der Waals surface area contributed by atoms with Crippen LogP contribution in [0.4, 0.5) is 16.0 Å². The van der Waals surface area contributed by atoms with Gasteiger partial charge in [-0.3, -0.25) is 4.98 Å². The van der Waals surface area contributed by atoms with E-state index in [1.807, 2.05) is 13.0 Å². The van der Waals surface area contributed by atoms with Crippen molar-refractivity contribution in [3.05, 3.63) is 53.7 Å². The van der Waals surface area contributed by atoms with Crippen molar-refractivity contribution in [3.8, 4) is 0 Å². The van der Waals surface area contributed by atoms with Crippen molar-refractivity contribution < 1.29 is 4.39 Å². The van der Waals surface area contributed by atoms with Crippen LogP contribution in [0.25, 0.3) is 10.9 Å². The van der Waals surface area contributed by atoms with Crippen molar-refractivity contribution in [1.29, 1.82) is 0 Å². The first-order chi connectivity index (χ1) is 13.0. The summed E-state index contributed by atoms with van der Waals surface area (Å²) in [5.74, 6) is 1.50. The van der Waals surface area contributed by atoms with Crippen molar-refractivity contribution >= 4 is 22.5 Å². The molecule has 0 bridgehead atoms. The molecule has 0 spiro atoms. The summed E-state index contributed by atoms with van der Waals surface area (Å²) < 4.78 is 14.0. The number of nitrogens with two attached hydrogens (primary N) is 1. The van der Waals surface area contributed by atoms with Gasteiger partial charge in [0.05, 0.1) is 11.7 Å². The molecule has 1 fully saturated rings. The predicted octanol–water partition coefficient (Wildman–Crippen LogP) is 2.82. The molecule has 3 heterocycles. The molecule has 1 saturated heterocycles. The molecule has 3 aromatic rings. The third-order valence-electron chi connectivity index (χ3n) is 5.13. The van der Waals surface area contributed by atoms with Crippen LogP contribution in [0.15, 0.2) is 36.8 Å². The minimum absolute atomic E-state index is 0.153. The number of hydrogen-bond acceptors (Lipinski definition) is 6. The normalized spacial score (nSPS) is 16.0. The van der Waals surface area contributed by atoms with Crippen molar-refractivity contribution in [2.24, 2.45) is 5.73 Å². The van der Waals surface area contributed by atoms with Crippen LogP contribution in [0.1, 0.15) is 24.1 Å². The van der Waals surface area contributed by atoms with Crippen LogP contribution in [-0.4, -0.2) is 41.1 Å². The molecule has 1 atom stereocenters. The van der Waals surface area contributed by atoms with E-state index in [2.05, 4.69) is 19.8 Å². The summed E-state index contributed by atoms with van der Waals surface area (Å²) in [6.45, 7) is 6.95. The highest BCUT2D eigenvalue weighted by Gasteiger charge is 2.23. The fourth-order valence-electron chi connectivity index (χ4n) is 3.55. The van der Waals surface area contributed by atoms with Crippen molar-refractivity contribution in [1.82, 2.24) is 15.0 Å². The van der Waals surface area contributed by atoms with E-state index in [4.69, 9.17) is 10.7 Å². The average Bonchev–Trinajstić information content (AvgIpc) is 2.71. The summed E-state index contributed by atoms with van der Waals surface area (Å²) in [4.78, 5) is 17.8. The number of hydrogen-bond donors (Lipinski definition) is 1. The van der Waals surface area contributed by atoms with Gasteiger partial charge in [0.2, 0.25) is 0 Å². The van der Waals surface area contributed by atoms with E-state index in [0.29, 0.717) is 11.1 Å². The zero-order valence-corrected chi connectivity index (χ0v) is 15.6. The number of fused-ring (bicyclic) bond motifs is 1. The summed E-state index contributed by atoms with van der Waals surface area (Å²) in [7, 11) is 0. The number of aryl methyl sites for hydroxylation is 1. The van der Waals surface area contributed by atoms with Crippen molar-refractivity contribution in [3.63, 3.8) is 0 Å². The van der Waals surface area contributed by atoms with Gasteiger partial charge in [0, 0.05) is 61.1 Å². The number of piperazine rings is 1. The minimum Gasteiger partial charge on any atom is -0.353 e. The fraction of sp³-hybridized carbons (Fsp3) is 0.350. The van der Waals surface area contributed by atoms with Gasteiger partial charge in [0.1, 0.15) is 17.5 Å². The summed E-state index contributed by atoms with van der Waals surface area (Å²) in [6.07, 6.45) is 5.16. The highest BCUT2D eigenvalue weighted by Crippen LogP contribution is 2.30. The molecule has 1 aliphatic heterocycles. The second-order valence-corrected chi connectivity index (χ2v) is 6.97. The van der Waals surface area contributed by atoms with Crippen LogP contribution in [-0.2, 0) is 0 Å². The molecule has 6 nitrogen and oxygen atoms in total. The highest BCUT2D eigenvalue weighted by molar-refractivity contribution is 5.85. The first kappa shape index (κ1) is 17.6. The Balaban J connectivity index is 1.67. The molecule has 1 unspecified atom stereocenters. The Hall–Kier alpha value is -2.80. The number of aromatic nitrogens is 3. The molecule has 140 valence electrons. The van der Waals surface area contributed by atoms with E-state index in [1.165, 1.54) is 6.07 Å². The molecular weight excluding hydrogens is 343 g/mol. The monoisotopic (exact) mass is 366 g/mol. The Morgan fingerprint density at radius 1 is 1.11 bits per heavy atom. The fourth-order valence-corrected chi connectivity index (χ4v) is 3.55. The highest BCUT2D eigenvalue weighted by atomic mass is 19.1. The molecule has 27 heavy (non-hydrogen) atoms. The Bertz CT molecular complexity index is 952. The Labute approximate surface area is 157 Å². The first-order valence-electron chi connectivity index (χ1n) is 9.16. The van der Waals surface area contributed by atoms with Gasteiger partial charge >= 0.3 is 0 Å². The van der Waals surface area contributed by atoms with Crippen LogP contribution in [0, 0.1) is 12.7 Å². The van der Waals surface area contributed by atoms with Gasteiger partial charge in [-0.05, 0) is 32.0 Å². The predicted molar refractivity (Wildman–Crippen MR) is 105 cm³/mol. The van der Waals surface area contributed by atoms with Gasteiger partial charge in [-0.2, -0.15) is 0 Å². The molecule has 0 radical (unpaired) electrons. The zero-order valence-electron chi connectivity index (χ0n) is 15.6. The van der Waals surface area contributed by atoms with E-state index in [1.54, 1.807) is 31.6 Å². The second kappa shape index (κ2) is 7.08. The standard InChI is InChI=1S/C20H23FN6/c1-13-17(21)4-3-15-11-16(14(2)22)20(25-19(13)15)27-9-7-26(8-10-27)18-12-23-5-6-24-18/h3-6,11-12,14H,7-10,22H2,1-2H3. The summed E-state index contributed by atoms with van der Waals surface area (Å²) in [6, 6.07) is 5.15. The maximum atomic E-state index is 14.0. The van der Waals surface area contributed by atoms with Gasteiger partial charge in [-0.25, -0.2) is 14.4 Å². The van der Waals surface area contributed by atoms with E-state index < -0.39 is 0 Å². The number of nitrogens with zero attached hydrogens (tertiary/aromatic N) is 5. The van der Waals surface area contributed by atoms with Crippen LogP contribution < -0.4 is 15.5 Å². The number of rotatable bonds is 3. The Kier molecular flexibility index (Phi) is 4.61. The van der Waals surface area contributed by atoms with Gasteiger partial charge in [-0.1, -0.05) is 0 Å². The molecule has 1 aliphatic rings. The number of benzene rings is 1. The smallest absolute Gasteiger partial charge is 0.147 e. The minimum atomic E-state index is -0.234. The largest absolute Gasteiger partial charge is 0.353 e. The zero-order chi connectivity index (χ0) is 19.0. The lowest BCUT2D eigenvalue weighted by molar-refractivity contribution is 0.619. The molecule has 7 heteroatoms. The van der Waals surface area contributed by atoms with E-state index in [-0.39, 0.29) is 11.9 Å². The van der Waals surface area contributed by atoms with Gasteiger partial charge in [0.15, 0.2) is 0 Å². The topological polar surface area (TPSA) is 71.2 Å². The average molecular weight is 366 g/mol. The van der Waals surface area contributed by atoms with Crippen molar-refractivity contribution in [2.45, 2.75) is 19.9 Å². The summed E-state index contributed by atoms with van der Waals surface area (Å²) >= 11 is 0. The van der Waals surface area contributed by atoms with E-state index >= 15 is 0 Å². The molecule has 0 saturated carbocycles. The maximum absolute atomic E-state index is 14.0. The van der Waals surface area contributed by atoms with Crippen LogP contribution in [0.3, 0.4) is 0 Å². The van der Waals surface area contributed by atoms with E-state index in [9.17, 15) is 4.39 Å². The van der Waals surface area contributed by atoms with Crippen LogP contribution in [0.2, 0.25) is 0 Å². The summed E-state index contributed by atoms with van der Waals surface area (Å²) in [5, 5.41) is 0.920. The number of anilines is 2. The SMILES string of the molecule is Cc1c(F)ccc2cc(C(C)N)c(N3CCN(c4cnccn4)CC3)nc12. The molecule has 0 amide bonds. The Morgan fingerprint density at radius 2 is 1.85 bits per heavy atom. The molecule has 2 aromatic heterocycles. The number of pyridine rings is 1. The maximum Gasteiger partial charge on any atom is 0.147 e. The van der Waals surface area contributed by atoms with Crippen LogP contribution >= 0.6 is 0 Å². The van der Waals surface area contributed by atoms with Gasteiger partial charge in [0.25, 0.3) is 0 Å². The summed E-state index contributed by atoms with van der Waals surface area (Å²) in [5.41, 5.74) is 8.49. The molecule has 1 aromatic carbocycles. The quantitative estimate of drug-likeness (QED) is 0.769. The van der Waals surface area contributed by atoms with Crippen molar-refractivity contribution in [2.75, 3.05) is 36.0 Å². The van der Waals surface area contributed by atoms with Gasteiger partial charge < -0.3 is 15.5 Å². The lowest BCUT2D eigenvalue weighted by Crippen LogP contribution is -2.47. The first-order valence-corrected chi connectivity index (χ1v) is 9.16. The number of halogens is 1. The molecule has 0 aliphatic carbocycles. The lowest BCUT2D eigenvalue weighted by Gasteiger charge is -2.37. The second-order valence-electron chi connectivity index (χ2n) is 6.97. The Morgan fingerprint density at radius 3 is 2.52 bits per heavy atom. The molecule has 2 N–H and O–H groups in total. The van der Waals surface area contributed by atoms with Crippen LogP contribution in [0.5, 0.6) is 0 Å². The third kappa shape index (κ3) is 3.30.